The molecule has 3 aliphatic heterocycles. The highest BCUT2D eigenvalue weighted by Gasteiger charge is 2.58. The number of nitrogens with one attached hydrogen (secondary N) is 1. The topological polar surface area (TPSA) is 65.1 Å². The van der Waals surface area contributed by atoms with Gasteiger partial charge in [0.15, 0.2) is 5.54 Å². The predicted molar refractivity (Wildman–Crippen MR) is 137 cm³/mol. The van der Waals surface area contributed by atoms with Crippen LogP contribution in [0.1, 0.15) is 42.4 Å². The van der Waals surface area contributed by atoms with Crippen molar-refractivity contribution < 1.29 is 14.3 Å². The summed E-state index contributed by atoms with van der Waals surface area (Å²) >= 11 is 6.47. The summed E-state index contributed by atoms with van der Waals surface area (Å²) in [5, 5.41) is 3.62. The fourth-order valence-electron chi connectivity index (χ4n) is 6.02. The highest BCUT2D eigenvalue weighted by Crippen LogP contribution is 2.51. The van der Waals surface area contributed by atoms with Crippen LogP contribution in [0.15, 0.2) is 36.4 Å². The number of methoxy groups -OCH3 is 1. The molecule has 0 radical (unpaired) electrons. The summed E-state index contributed by atoms with van der Waals surface area (Å²) in [6, 6.07) is 11.2. The van der Waals surface area contributed by atoms with E-state index in [0.717, 1.165) is 42.7 Å². The number of benzene rings is 2. The Bertz CT molecular complexity index is 1150. The highest BCUT2D eigenvalue weighted by molar-refractivity contribution is 6.31. The van der Waals surface area contributed by atoms with E-state index < -0.39 is 11.6 Å². The number of rotatable bonds is 6. The van der Waals surface area contributed by atoms with Gasteiger partial charge in [0, 0.05) is 49.0 Å². The molecule has 1 N–H and O–H groups in total. The van der Waals surface area contributed by atoms with Crippen LogP contribution in [0.5, 0.6) is 5.75 Å². The molecule has 2 atom stereocenters. The van der Waals surface area contributed by atoms with Crippen molar-refractivity contribution in [2.24, 2.45) is 0 Å². The number of halogens is 1. The average molecular weight is 497 g/mol. The monoisotopic (exact) mass is 496 g/mol. The zero-order valence-electron chi connectivity index (χ0n) is 20.6. The smallest absolute Gasteiger partial charge is 0.254 e. The lowest BCUT2D eigenvalue weighted by atomic mass is 9.80. The number of amides is 2. The van der Waals surface area contributed by atoms with Gasteiger partial charge in [-0.15, -0.1) is 0 Å². The van der Waals surface area contributed by atoms with Gasteiger partial charge in [0.1, 0.15) is 5.75 Å². The molecule has 35 heavy (non-hydrogen) atoms. The third-order valence-corrected chi connectivity index (χ3v) is 7.85. The van der Waals surface area contributed by atoms with E-state index in [1.807, 2.05) is 24.3 Å². The number of fused-ring (bicyclic) bond motifs is 1. The number of ether oxygens (including phenoxy) is 1. The molecule has 2 aromatic carbocycles. The number of anilines is 1. The summed E-state index contributed by atoms with van der Waals surface area (Å²) in [5.74, 6) is 0.459. The van der Waals surface area contributed by atoms with Crippen molar-refractivity contribution in [1.29, 1.82) is 0 Å². The molecule has 0 saturated carbocycles. The maximum Gasteiger partial charge on any atom is 0.254 e. The summed E-state index contributed by atoms with van der Waals surface area (Å²) in [6.45, 7) is 3.67. The molecular weight excluding hydrogens is 464 g/mol. The molecule has 3 aliphatic rings. The van der Waals surface area contributed by atoms with Crippen LogP contribution in [-0.2, 0) is 21.7 Å². The van der Waals surface area contributed by atoms with Crippen LogP contribution in [-0.4, -0.2) is 73.4 Å². The second-order valence-corrected chi connectivity index (χ2v) is 10.4. The zero-order valence-corrected chi connectivity index (χ0v) is 21.4. The molecule has 0 spiro atoms. The molecule has 186 valence electrons. The fourth-order valence-corrected chi connectivity index (χ4v) is 6.19. The van der Waals surface area contributed by atoms with E-state index in [-0.39, 0.29) is 11.8 Å². The van der Waals surface area contributed by atoms with Crippen molar-refractivity contribution in [3.8, 4) is 5.75 Å². The number of likely N-dealkylation sites (tertiary alicyclic amines) is 2. The number of hydrogen-bond donors (Lipinski definition) is 1. The Morgan fingerprint density at radius 3 is 2.60 bits per heavy atom. The molecule has 7 nitrogen and oxygen atoms in total. The lowest BCUT2D eigenvalue weighted by Gasteiger charge is -2.41. The summed E-state index contributed by atoms with van der Waals surface area (Å²) in [4.78, 5) is 33.4. The zero-order chi connectivity index (χ0) is 24.7. The van der Waals surface area contributed by atoms with Gasteiger partial charge in [-0.05, 0) is 68.6 Å². The normalized spacial score (nSPS) is 24.5. The molecule has 2 saturated heterocycles. The minimum Gasteiger partial charge on any atom is -0.496 e. The maximum absolute atomic E-state index is 14.0. The van der Waals surface area contributed by atoms with Crippen LogP contribution in [0.3, 0.4) is 0 Å². The Labute approximate surface area is 212 Å². The third kappa shape index (κ3) is 3.99. The van der Waals surface area contributed by atoms with Gasteiger partial charge in [0.2, 0.25) is 5.91 Å². The van der Waals surface area contributed by atoms with Crippen molar-refractivity contribution in [1.82, 2.24) is 14.7 Å². The second kappa shape index (κ2) is 9.45. The van der Waals surface area contributed by atoms with Crippen LogP contribution in [0.4, 0.5) is 5.69 Å². The molecule has 3 heterocycles. The minimum atomic E-state index is -1.22. The van der Waals surface area contributed by atoms with Crippen molar-refractivity contribution in [3.05, 3.63) is 58.1 Å². The van der Waals surface area contributed by atoms with E-state index in [2.05, 4.69) is 21.2 Å². The first kappa shape index (κ1) is 24.1. The predicted octanol–water partition coefficient (Wildman–Crippen LogP) is 3.69. The first-order valence-corrected chi connectivity index (χ1v) is 12.7. The molecule has 0 aromatic heterocycles. The maximum atomic E-state index is 14.0. The van der Waals surface area contributed by atoms with E-state index in [0.29, 0.717) is 29.4 Å². The van der Waals surface area contributed by atoms with Gasteiger partial charge in [-0.25, -0.2) is 0 Å². The Balaban J connectivity index is 1.68. The number of carbonyl (C=O) groups excluding carboxylic acids is 2. The number of carbonyl (C=O) groups is 2. The van der Waals surface area contributed by atoms with Crippen molar-refractivity contribution >= 4 is 29.1 Å². The molecule has 5 rings (SSSR count). The first-order valence-electron chi connectivity index (χ1n) is 12.4. The van der Waals surface area contributed by atoms with Crippen LogP contribution in [0.25, 0.3) is 0 Å². The van der Waals surface area contributed by atoms with Crippen molar-refractivity contribution in [2.45, 2.75) is 43.8 Å². The average Bonchev–Trinajstić information content (AvgIpc) is 3.58. The quantitative estimate of drug-likeness (QED) is 0.660. The molecule has 2 fully saturated rings. The van der Waals surface area contributed by atoms with Crippen molar-refractivity contribution in [2.75, 3.05) is 46.2 Å². The highest BCUT2D eigenvalue weighted by atomic mass is 35.5. The van der Waals surface area contributed by atoms with Gasteiger partial charge in [-0.3, -0.25) is 19.4 Å². The van der Waals surface area contributed by atoms with Gasteiger partial charge in [-0.1, -0.05) is 23.7 Å². The van der Waals surface area contributed by atoms with E-state index in [4.69, 9.17) is 16.3 Å². The Kier molecular flexibility index (Phi) is 6.51. The Hall–Kier alpha value is -2.61. The first-order chi connectivity index (χ1) is 16.9. The molecule has 2 amide bonds. The van der Waals surface area contributed by atoms with E-state index in [1.165, 1.54) is 12.8 Å². The molecule has 8 heteroatoms. The summed E-state index contributed by atoms with van der Waals surface area (Å²) in [5.41, 5.74) is 2.14. The Morgan fingerprint density at radius 1 is 1.11 bits per heavy atom. The molecule has 2 aromatic rings. The lowest BCUT2D eigenvalue weighted by molar-refractivity contribution is -0.138. The standard InChI is InChI=1S/C27H33ClN4O3/c1-30(2)25(33)23-7-6-14-32(23)27(21-16-19(28)9-11-22(21)29-26(27)34)20-10-8-18(15-24(20)35-3)17-31-12-4-5-13-31/h8-11,15-16,23H,4-7,12-14,17H2,1-3H3,(H,29,34)/t23-,27?/m0/s1. The van der Waals surface area contributed by atoms with Gasteiger partial charge in [0.05, 0.1) is 13.2 Å². The lowest BCUT2D eigenvalue weighted by Crippen LogP contribution is -2.57. The third-order valence-electron chi connectivity index (χ3n) is 7.62. The van der Waals surface area contributed by atoms with Crippen molar-refractivity contribution in [3.63, 3.8) is 0 Å². The summed E-state index contributed by atoms with van der Waals surface area (Å²) < 4.78 is 5.93. The molecule has 0 aliphatic carbocycles. The van der Waals surface area contributed by atoms with E-state index in [9.17, 15) is 9.59 Å². The molecule has 0 bridgehead atoms. The minimum absolute atomic E-state index is 0.00484. The van der Waals surface area contributed by atoms with Crippen LogP contribution >= 0.6 is 11.6 Å². The van der Waals surface area contributed by atoms with Crippen LogP contribution < -0.4 is 10.1 Å². The molecule has 1 unspecified atom stereocenters. The largest absolute Gasteiger partial charge is 0.496 e. The summed E-state index contributed by atoms with van der Waals surface area (Å²) in [7, 11) is 5.17. The number of nitrogens with zero attached hydrogens (tertiary/aromatic N) is 3. The van der Waals surface area contributed by atoms with Gasteiger partial charge >= 0.3 is 0 Å². The number of likely N-dealkylation sites (N-methyl/N-ethyl adjacent to an activating group) is 1. The molecular formula is C27H33ClN4O3. The van der Waals surface area contributed by atoms with Gasteiger partial charge in [-0.2, -0.15) is 0 Å². The van der Waals surface area contributed by atoms with Crippen LogP contribution in [0.2, 0.25) is 5.02 Å². The van der Waals surface area contributed by atoms with Crippen LogP contribution in [0, 0.1) is 0 Å². The van der Waals surface area contributed by atoms with E-state index in [1.54, 1.807) is 32.2 Å². The second-order valence-electron chi connectivity index (χ2n) is 9.96. The SMILES string of the molecule is COc1cc(CN2CCCC2)ccc1C1(N2CCC[C@H]2C(=O)N(C)C)C(=O)Nc2ccc(Cl)cc21. The van der Waals surface area contributed by atoms with Gasteiger partial charge in [0.25, 0.3) is 5.91 Å². The number of hydrogen-bond acceptors (Lipinski definition) is 5. The van der Waals surface area contributed by atoms with E-state index >= 15 is 0 Å². The fraction of sp³-hybridized carbons (Fsp3) is 0.481. The Morgan fingerprint density at radius 2 is 1.89 bits per heavy atom. The summed E-state index contributed by atoms with van der Waals surface area (Å²) in [6.07, 6.45) is 3.97. The van der Waals surface area contributed by atoms with Gasteiger partial charge < -0.3 is 15.0 Å².